The van der Waals surface area contributed by atoms with Gasteiger partial charge in [0.2, 0.25) is 5.82 Å². The number of aliphatic carboxylic acids is 1. The maximum Gasteiger partial charge on any atom is 0.345 e. The van der Waals surface area contributed by atoms with Gasteiger partial charge in [0.1, 0.15) is 6.04 Å². The Balaban J connectivity index is 2.37. The molecule has 0 saturated carbocycles. The van der Waals surface area contributed by atoms with Crippen molar-refractivity contribution in [2.75, 3.05) is 18.6 Å². The molecule has 0 aromatic heterocycles. The van der Waals surface area contributed by atoms with Crippen molar-refractivity contribution >= 4 is 11.7 Å². The molecule has 0 radical (unpaired) electrons. The zero-order valence-electron chi connectivity index (χ0n) is 11.4. The highest BCUT2D eigenvalue weighted by Crippen LogP contribution is 2.37. The van der Waals surface area contributed by atoms with Crippen molar-refractivity contribution in [3.05, 3.63) is 23.8 Å². The quantitative estimate of drug-likeness (QED) is 0.842. The normalized spacial score (nSPS) is 21.5. The predicted octanol–water partition coefficient (Wildman–Crippen LogP) is 2.24. The molecular weight excluding hydrogens is 310 g/mol. The molecule has 0 amide bonds. The third kappa shape index (κ3) is 3.08. The Kier molecular flexibility index (Phi) is 4.74. The van der Waals surface area contributed by atoms with Gasteiger partial charge in [-0.15, -0.1) is 0 Å². The minimum atomic E-state index is -3.05. The van der Waals surface area contributed by atoms with E-state index in [1.807, 2.05) is 0 Å². The average Bonchev–Trinajstić information content (AvgIpc) is 2.84. The van der Waals surface area contributed by atoms with Crippen LogP contribution in [0.1, 0.15) is 6.42 Å². The number of ether oxygens (including phenoxy) is 2. The van der Waals surface area contributed by atoms with Crippen LogP contribution in [0.15, 0.2) is 12.1 Å². The van der Waals surface area contributed by atoms with E-state index in [0.29, 0.717) is 0 Å². The van der Waals surface area contributed by atoms with Crippen LogP contribution in [0.5, 0.6) is 5.75 Å². The first-order valence-corrected chi connectivity index (χ1v) is 6.30. The number of hydrogen-bond donors (Lipinski definition) is 1. The molecule has 0 bridgehead atoms. The summed E-state index contributed by atoms with van der Waals surface area (Å²) < 4.78 is 60.6. The molecule has 0 aliphatic carbocycles. The van der Waals surface area contributed by atoms with Crippen LogP contribution in [0.2, 0.25) is 0 Å². The summed E-state index contributed by atoms with van der Waals surface area (Å²) in [5.74, 6) is -4.20. The van der Waals surface area contributed by atoms with Gasteiger partial charge in [-0.1, -0.05) is 0 Å². The molecule has 1 aliphatic rings. The van der Waals surface area contributed by atoms with Crippen molar-refractivity contribution in [3.63, 3.8) is 0 Å². The standard InChI is InChI=1S/C13H13F4NO4/c1-21-11-8(3-2-7(14)10(11)15)18-5-6(22-13(16)17)4-9(18)12(19)20/h2-3,6,9,13H,4-5H2,1H3,(H,19,20)/t6-,9?/m1/s1. The lowest BCUT2D eigenvalue weighted by molar-refractivity contribution is -0.158. The predicted molar refractivity (Wildman–Crippen MR) is 67.2 cm³/mol. The van der Waals surface area contributed by atoms with E-state index in [2.05, 4.69) is 4.74 Å². The second-order valence-corrected chi connectivity index (χ2v) is 4.67. The third-order valence-electron chi connectivity index (χ3n) is 3.39. The number of alkyl halides is 2. The van der Waals surface area contributed by atoms with Crippen LogP contribution in [0.25, 0.3) is 0 Å². The van der Waals surface area contributed by atoms with Gasteiger partial charge in [-0.05, 0) is 12.1 Å². The molecule has 1 unspecified atom stereocenters. The Morgan fingerprint density at radius 2 is 2.09 bits per heavy atom. The van der Waals surface area contributed by atoms with Crippen molar-refractivity contribution in [1.82, 2.24) is 0 Å². The molecule has 1 N–H and O–H groups in total. The summed E-state index contributed by atoms with van der Waals surface area (Å²) in [6.45, 7) is -3.26. The molecule has 1 aromatic rings. The Labute approximate surface area is 123 Å². The second-order valence-electron chi connectivity index (χ2n) is 4.67. The molecule has 1 heterocycles. The second kappa shape index (κ2) is 6.39. The molecule has 0 spiro atoms. The number of carboxylic acids is 1. The van der Waals surface area contributed by atoms with Crippen LogP contribution in [-0.4, -0.2) is 43.5 Å². The highest BCUT2D eigenvalue weighted by molar-refractivity contribution is 5.80. The van der Waals surface area contributed by atoms with E-state index >= 15 is 0 Å². The fraction of sp³-hybridized carbons (Fsp3) is 0.462. The van der Waals surface area contributed by atoms with E-state index in [0.717, 1.165) is 24.1 Å². The minimum absolute atomic E-state index is 0.0332. The highest BCUT2D eigenvalue weighted by atomic mass is 19.3. The van der Waals surface area contributed by atoms with Crippen molar-refractivity contribution in [1.29, 1.82) is 0 Å². The van der Waals surface area contributed by atoms with Gasteiger partial charge in [0.25, 0.3) is 0 Å². The molecular formula is C13H13F4NO4. The number of nitrogens with zero attached hydrogens (tertiary/aromatic N) is 1. The van der Waals surface area contributed by atoms with E-state index in [1.54, 1.807) is 0 Å². The van der Waals surface area contributed by atoms with Gasteiger partial charge in [0.15, 0.2) is 11.6 Å². The number of methoxy groups -OCH3 is 1. The fourth-order valence-electron chi connectivity index (χ4n) is 2.48. The zero-order valence-corrected chi connectivity index (χ0v) is 11.4. The molecule has 5 nitrogen and oxygen atoms in total. The largest absolute Gasteiger partial charge is 0.491 e. The number of anilines is 1. The topological polar surface area (TPSA) is 59.0 Å². The number of carboxylic acid groups (broad SMARTS) is 1. The third-order valence-corrected chi connectivity index (χ3v) is 3.39. The summed E-state index contributed by atoms with van der Waals surface area (Å²) >= 11 is 0. The molecule has 1 aliphatic heterocycles. The maximum absolute atomic E-state index is 13.7. The Hall–Kier alpha value is -2.03. The Morgan fingerprint density at radius 3 is 2.64 bits per heavy atom. The van der Waals surface area contributed by atoms with E-state index in [9.17, 15) is 27.5 Å². The average molecular weight is 323 g/mol. The first-order chi connectivity index (χ1) is 10.3. The molecule has 2 atom stereocenters. The van der Waals surface area contributed by atoms with Crippen molar-refractivity contribution < 1.29 is 36.9 Å². The Morgan fingerprint density at radius 1 is 1.41 bits per heavy atom. The van der Waals surface area contributed by atoms with Gasteiger partial charge < -0.3 is 19.5 Å². The summed E-state index contributed by atoms with van der Waals surface area (Å²) in [6.07, 6.45) is -1.25. The monoisotopic (exact) mass is 323 g/mol. The van der Waals surface area contributed by atoms with E-state index < -0.39 is 42.1 Å². The van der Waals surface area contributed by atoms with Crippen LogP contribution in [0, 0.1) is 11.6 Å². The molecule has 22 heavy (non-hydrogen) atoms. The SMILES string of the molecule is COc1c(N2C[C@H](OC(F)F)CC2C(=O)O)ccc(F)c1F. The lowest BCUT2D eigenvalue weighted by Crippen LogP contribution is -2.36. The molecule has 122 valence electrons. The van der Waals surface area contributed by atoms with Crippen molar-refractivity contribution in [3.8, 4) is 5.75 Å². The lowest BCUT2D eigenvalue weighted by Gasteiger charge is -2.25. The molecule has 1 aromatic carbocycles. The summed E-state index contributed by atoms with van der Waals surface area (Å²) in [6, 6.07) is 0.744. The highest BCUT2D eigenvalue weighted by Gasteiger charge is 2.40. The molecule has 1 fully saturated rings. The summed E-state index contributed by atoms with van der Waals surface area (Å²) in [7, 11) is 1.10. The van der Waals surface area contributed by atoms with E-state index in [-0.39, 0.29) is 18.7 Å². The van der Waals surface area contributed by atoms with Crippen LogP contribution in [-0.2, 0) is 9.53 Å². The summed E-state index contributed by atoms with van der Waals surface area (Å²) in [5, 5.41) is 9.19. The zero-order chi connectivity index (χ0) is 16.4. The van der Waals surface area contributed by atoms with Crippen LogP contribution in [0.3, 0.4) is 0 Å². The number of halogens is 4. The van der Waals surface area contributed by atoms with Crippen LogP contribution >= 0.6 is 0 Å². The van der Waals surface area contributed by atoms with Gasteiger partial charge in [-0.25, -0.2) is 9.18 Å². The van der Waals surface area contributed by atoms with Gasteiger partial charge in [0, 0.05) is 13.0 Å². The van der Waals surface area contributed by atoms with Gasteiger partial charge in [0.05, 0.1) is 18.9 Å². The minimum Gasteiger partial charge on any atom is -0.491 e. The number of rotatable bonds is 5. The van der Waals surface area contributed by atoms with Crippen molar-refractivity contribution in [2.24, 2.45) is 0 Å². The molecule has 2 rings (SSSR count). The lowest BCUT2D eigenvalue weighted by atomic mass is 10.2. The Bertz CT molecular complexity index is 569. The van der Waals surface area contributed by atoms with Gasteiger partial charge in [-0.3, -0.25) is 0 Å². The van der Waals surface area contributed by atoms with E-state index in [1.165, 1.54) is 0 Å². The van der Waals surface area contributed by atoms with Crippen LogP contribution < -0.4 is 9.64 Å². The van der Waals surface area contributed by atoms with E-state index in [4.69, 9.17) is 4.74 Å². The van der Waals surface area contributed by atoms with Gasteiger partial charge in [-0.2, -0.15) is 13.2 Å². The van der Waals surface area contributed by atoms with Gasteiger partial charge >= 0.3 is 12.6 Å². The van der Waals surface area contributed by atoms with Crippen molar-refractivity contribution in [2.45, 2.75) is 25.2 Å². The smallest absolute Gasteiger partial charge is 0.345 e. The summed E-state index contributed by atoms with van der Waals surface area (Å²) in [4.78, 5) is 12.4. The number of hydrogen-bond acceptors (Lipinski definition) is 4. The summed E-state index contributed by atoms with van der Waals surface area (Å²) in [5.41, 5.74) is -0.0332. The number of benzene rings is 1. The maximum atomic E-state index is 13.7. The van der Waals surface area contributed by atoms with Crippen LogP contribution in [0.4, 0.5) is 23.2 Å². The first kappa shape index (κ1) is 16.3. The number of carbonyl (C=O) groups is 1. The fourth-order valence-corrected chi connectivity index (χ4v) is 2.48. The molecule has 9 heteroatoms. The molecule has 1 saturated heterocycles. The first-order valence-electron chi connectivity index (χ1n) is 6.30.